The maximum absolute atomic E-state index is 11.8. The second-order valence-corrected chi connectivity index (χ2v) is 5.37. The number of nitrogens with two attached hydrogens (primary N) is 1. The van der Waals surface area contributed by atoms with E-state index in [0.29, 0.717) is 0 Å². The number of hydrogen-bond donors (Lipinski definition) is 1. The number of carbonyl (C=O) groups excluding carboxylic acids is 1. The smallest absolute Gasteiger partial charge is 0.331 e. The lowest BCUT2D eigenvalue weighted by molar-refractivity contribution is -0.134. The lowest BCUT2D eigenvalue weighted by Crippen LogP contribution is -2.04. The third kappa shape index (κ3) is 3.03. The number of carbonyl (C=O) groups is 1. The van der Waals surface area contributed by atoms with Gasteiger partial charge in [-0.1, -0.05) is 36.4 Å². The molecule has 0 saturated heterocycles. The van der Waals surface area contributed by atoms with E-state index in [1.165, 1.54) is 13.2 Å². The van der Waals surface area contributed by atoms with E-state index in [1.807, 2.05) is 57.2 Å². The van der Waals surface area contributed by atoms with E-state index in [0.717, 1.165) is 39.1 Å². The van der Waals surface area contributed by atoms with Crippen molar-refractivity contribution in [2.75, 3.05) is 12.8 Å². The summed E-state index contributed by atoms with van der Waals surface area (Å²) in [5, 5.41) is 0. The molecule has 3 heteroatoms. The highest BCUT2D eigenvalue weighted by molar-refractivity contribution is 5.98. The molecule has 0 aliphatic carbocycles. The Morgan fingerprint density at radius 2 is 1.73 bits per heavy atom. The molecule has 0 heterocycles. The molecular weight excluding hydrogens is 274 g/mol. The second kappa shape index (κ2) is 6.48. The van der Waals surface area contributed by atoms with Crippen LogP contribution in [0.4, 0.5) is 5.69 Å². The van der Waals surface area contributed by atoms with E-state index < -0.39 is 0 Å². The Hall–Kier alpha value is -2.55. The van der Waals surface area contributed by atoms with Crippen LogP contribution in [0, 0.1) is 20.8 Å². The zero-order valence-corrected chi connectivity index (χ0v) is 13.4. The lowest BCUT2D eigenvalue weighted by atomic mass is 9.88. The molecule has 0 fully saturated rings. The topological polar surface area (TPSA) is 52.3 Å². The fourth-order valence-corrected chi connectivity index (χ4v) is 2.71. The molecule has 0 aliphatic rings. The minimum atomic E-state index is -0.378. The van der Waals surface area contributed by atoms with Crippen LogP contribution in [0.2, 0.25) is 0 Å². The molecule has 0 spiro atoms. The van der Waals surface area contributed by atoms with Gasteiger partial charge >= 0.3 is 5.97 Å². The third-order valence-corrected chi connectivity index (χ3v) is 3.85. The van der Waals surface area contributed by atoms with Gasteiger partial charge in [-0.3, -0.25) is 0 Å². The summed E-state index contributed by atoms with van der Waals surface area (Å²) in [6.45, 7) is 6.01. The molecule has 0 atom stereocenters. The Balaban J connectivity index is 2.74. The molecule has 114 valence electrons. The van der Waals surface area contributed by atoms with Gasteiger partial charge in [0.2, 0.25) is 0 Å². The number of benzene rings is 2. The van der Waals surface area contributed by atoms with Gasteiger partial charge in [0.05, 0.1) is 7.11 Å². The number of esters is 1. The van der Waals surface area contributed by atoms with Crippen molar-refractivity contribution in [2.45, 2.75) is 20.8 Å². The maximum atomic E-state index is 11.8. The van der Waals surface area contributed by atoms with E-state index in [4.69, 9.17) is 10.5 Å². The van der Waals surface area contributed by atoms with Gasteiger partial charge in [0.15, 0.2) is 0 Å². The number of methoxy groups -OCH3 is 1. The molecule has 0 saturated carbocycles. The summed E-state index contributed by atoms with van der Waals surface area (Å²) in [4.78, 5) is 11.8. The van der Waals surface area contributed by atoms with Crippen LogP contribution in [-0.4, -0.2) is 13.1 Å². The average molecular weight is 295 g/mol. The Bertz CT molecular complexity index is 731. The van der Waals surface area contributed by atoms with Crippen molar-refractivity contribution in [1.82, 2.24) is 0 Å². The highest BCUT2D eigenvalue weighted by Crippen LogP contribution is 2.33. The number of anilines is 1. The molecule has 0 aliphatic heterocycles. The summed E-state index contributed by atoms with van der Waals surface area (Å²) in [5.74, 6) is -0.378. The van der Waals surface area contributed by atoms with Gasteiger partial charge in [-0.15, -0.1) is 0 Å². The summed E-state index contributed by atoms with van der Waals surface area (Å²) in [5.41, 5.74) is 12.8. The fourth-order valence-electron chi connectivity index (χ4n) is 2.71. The first-order chi connectivity index (χ1) is 10.5. The molecule has 0 amide bonds. The highest BCUT2D eigenvalue weighted by atomic mass is 16.5. The van der Waals surface area contributed by atoms with Crippen LogP contribution in [0.5, 0.6) is 0 Å². The summed E-state index contributed by atoms with van der Waals surface area (Å²) in [6.07, 6.45) is 1.53. The zero-order chi connectivity index (χ0) is 16.3. The van der Waals surface area contributed by atoms with Crippen LogP contribution in [0.3, 0.4) is 0 Å². The predicted octanol–water partition coefficient (Wildman–Crippen LogP) is 3.80. The van der Waals surface area contributed by atoms with Gasteiger partial charge in [-0.25, -0.2) is 4.79 Å². The Morgan fingerprint density at radius 1 is 1.09 bits per heavy atom. The molecule has 2 aromatic rings. The van der Waals surface area contributed by atoms with Gasteiger partial charge in [-0.05, 0) is 54.2 Å². The van der Waals surface area contributed by atoms with E-state index in [9.17, 15) is 4.79 Å². The largest absolute Gasteiger partial charge is 0.466 e. The number of rotatable bonds is 3. The standard InChI is InChI=1S/C19H21NO2/c1-12-10-13(2)19(20)14(3)18(12)16(11-17(21)22-4)15-8-6-5-7-9-15/h5-11H,20H2,1-4H3/b16-11+. The number of nitrogen functional groups attached to an aromatic ring is 1. The second-order valence-electron chi connectivity index (χ2n) is 5.37. The molecule has 3 nitrogen and oxygen atoms in total. The zero-order valence-electron chi connectivity index (χ0n) is 13.4. The summed E-state index contributed by atoms with van der Waals surface area (Å²) in [7, 11) is 1.38. The molecule has 0 bridgehead atoms. The monoisotopic (exact) mass is 295 g/mol. The van der Waals surface area contributed by atoms with Gasteiger partial charge in [0, 0.05) is 11.8 Å². The summed E-state index contributed by atoms with van der Waals surface area (Å²) in [6, 6.07) is 11.8. The Labute approximate surface area is 131 Å². The Morgan fingerprint density at radius 3 is 2.32 bits per heavy atom. The van der Waals surface area contributed by atoms with E-state index in [1.54, 1.807) is 0 Å². The van der Waals surface area contributed by atoms with Gasteiger partial charge in [-0.2, -0.15) is 0 Å². The van der Waals surface area contributed by atoms with Crippen LogP contribution in [0.25, 0.3) is 5.57 Å². The maximum Gasteiger partial charge on any atom is 0.331 e. The summed E-state index contributed by atoms with van der Waals surface area (Å²) < 4.78 is 4.81. The first-order valence-electron chi connectivity index (χ1n) is 7.17. The van der Waals surface area contributed by atoms with Crippen LogP contribution in [0.15, 0.2) is 42.5 Å². The average Bonchev–Trinajstić information content (AvgIpc) is 2.52. The first-order valence-corrected chi connectivity index (χ1v) is 7.17. The van der Waals surface area contributed by atoms with Gasteiger partial charge < -0.3 is 10.5 Å². The van der Waals surface area contributed by atoms with Crippen molar-refractivity contribution < 1.29 is 9.53 Å². The van der Waals surface area contributed by atoms with Crippen LogP contribution >= 0.6 is 0 Å². The van der Waals surface area contributed by atoms with Crippen molar-refractivity contribution in [3.8, 4) is 0 Å². The predicted molar refractivity (Wildman–Crippen MR) is 90.6 cm³/mol. The van der Waals surface area contributed by atoms with Crippen LogP contribution in [-0.2, 0) is 9.53 Å². The quantitative estimate of drug-likeness (QED) is 0.532. The normalized spacial score (nSPS) is 11.4. The summed E-state index contributed by atoms with van der Waals surface area (Å²) >= 11 is 0. The van der Waals surface area contributed by atoms with Crippen molar-refractivity contribution in [2.24, 2.45) is 0 Å². The Kier molecular flexibility index (Phi) is 4.66. The van der Waals surface area contributed by atoms with Crippen LogP contribution < -0.4 is 5.73 Å². The SMILES string of the molecule is COC(=O)/C=C(\c1ccccc1)c1c(C)cc(C)c(N)c1C. The molecule has 2 aromatic carbocycles. The minimum Gasteiger partial charge on any atom is -0.466 e. The van der Waals surface area contributed by atoms with Crippen molar-refractivity contribution >= 4 is 17.2 Å². The van der Waals surface area contributed by atoms with E-state index >= 15 is 0 Å². The third-order valence-electron chi connectivity index (χ3n) is 3.85. The van der Waals surface area contributed by atoms with Crippen molar-refractivity contribution in [3.05, 3.63) is 70.3 Å². The van der Waals surface area contributed by atoms with Crippen LogP contribution in [0.1, 0.15) is 27.8 Å². The molecule has 22 heavy (non-hydrogen) atoms. The molecular formula is C19H21NO2. The van der Waals surface area contributed by atoms with Gasteiger partial charge in [0.25, 0.3) is 0 Å². The van der Waals surface area contributed by atoms with Gasteiger partial charge in [0.1, 0.15) is 0 Å². The minimum absolute atomic E-state index is 0.378. The number of hydrogen-bond acceptors (Lipinski definition) is 3. The first kappa shape index (κ1) is 15.8. The molecule has 0 radical (unpaired) electrons. The number of aryl methyl sites for hydroxylation is 2. The van der Waals surface area contributed by atoms with E-state index in [2.05, 4.69) is 0 Å². The lowest BCUT2D eigenvalue weighted by Gasteiger charge is -2.18. The molecule has 2 rings (SSSR count). The molecule has 2 N–H and O–H groups in total. The molecule has 0 aromatic heterocycles. The van der Waals surface area contributed by atoms with E-state index in [-0.39, 0.29) is 5.97 Å². The van der Waals surface area contributed by atoms with Crippen molar-refractivity contribution in [1.29, 1.82) is 0 Å². The number of ether oxygens (including phenoxy) is 1. The van der Waals surface area contributed by atoms with Crippen molar-refractivity contribution in [3.63, 3.8) is 0 Å². The fraction of sp³-hybridized carbons (Fsp3) is 0.211. The highest BCUT2D eigenvalue weighted by Gasteiger charge is 2.16. The molecule has 0 unspecified atom stereocenters.